The van der Waals surface area contributed by atoms with Gasteiger partial charge in [-0.05, 0) is 6.08 Å². The minimum Gasteiger partial charge on any atom is -0.478 e. The number of fused-ring (bicyclic) bond motifs is 1. The van der Waals surface area contributed by atoms with Crippen LogP contribution in [-0.2, 0) is 4.79 Å². The third kappa shape index (κ3) is 1.79. The molecule has 0 fully saturated rings. The molecule has 0 aliphatic carbocycles. The molecule has 0 spiro atoms. The third-order valence-electron chi connectivity index (χ3n) is 2.09. The molecule has 0 atom stereocenters. The van der Waals surface area contributed by atoms with Crippen molar-refractivity contribution in [3.63, 3.8) is 0 Å². The predicted molar refractivity (Wildman–Crippen MR) is 64.1 cm³/mol. The fourth-order valence-electron chi connectivity index (χ4n) is 1.43. The van der Waals surface area contributed by atoms with E-state index in [1.165, 1.54) is 11.3 Å². The monoisotopic (exact) mass is 237 g/mol. The van der Waals surface area contributed by atoms with Crippen molar-refractivity contribution < 1.29 is 9.90 Å². The Morgan fingerprint density at radius 2 is 2.38 bits per heavy atom. The number of carboxylic acids is 1. The minimum atomic E-state index is -0.963. The zero-order valence-corrected chi connectivity index (χ0v) is 9.73. The average Bonchev–Trinajstić information content (AvgIpc) is 2.73. The van der Waals surface area contributed by atoms with Crippen molar-refractivity contribution in [2.24, 2.45) is 0 Å². The van der Waals surface area contributed by atoms with E-state index in [9.17, 15) is 4.79 Å². The Bertz CT molecular complexity index is 553. The Morgan fingerprint density at radius 3 is 3.00 bits per heavy atom. The number of aliphatic carboxylic acids is 1. The molecule has 2 aromatic heterocycles. The van der Waals surface area contributed by atoms with Gasteiger partial charge >= 0.3 is 5.97 Å². The van der Waals surface area contributed by atoms with Gasteiger partial charge in [0.25, 0.3) is 0 Å². The molecule has 0 saturated heterocycles. The van der Waals surface area contributed by atoms with Crippen molar-refractivity contribution >= 4 is 34.2 Å². The van der Waals surface area contributed by atoms with Gasteiger partial charge in [-0.1, -0.05) is 0 Å². The number of hydrogen-bond acceptors (Lipinski definition) is 4. The second kappa shape index (κ2) is 3.97. The summed E-state index contributed by atoms with van der Waals surface area (Å²) in [4.78, 5) is 17.7. The molecule has 0 radical (unpaired) electrons. The van der Waals surface area contributed by atoms with Crippen LogP contribution in [0.5, 0.6) is 0 Å². The lowest BCUT2D eigenvalue weighted by Crippen LogP contribution is -2.10. The molecule has 2 heterocycles. The molecule has 2 rings (SSSR count). The van der Waals surface area contributed by atoms with Crippen LogP contribution in [0.4, 0.5) is 5.82 Å². The second-order valence-corrected chi connectivity index (χ2v) is 4.32. The summed E-state index contributed by atoms with van der Waals surface area (Å²) in [7, 11) is 3.76. The first-order valence-corrected chi connectivity index (χ1v) is 5.51. The summed E-state index contributed by atoms with van der Waals surface area (Å²) in [6.07, 6.45) is 4.56. The van der Waals surface area contributed by atoms with E-state index in [0.29, 0.717) is 0 Å². The van der Waals surface area contributed by atoms with Gasteiger partial charge in [0.2, 0.25) is 0 Å². The van der Waals surface area contributed by atoms with Crippen LogP contribution >= 0.6 is 11.3 Å². The lowest BCUT2D eigenvalue weighted by molar-refractivity contribution is -0.131. The normalized spacial score (nSPS) is 11.4. The molecule has 0 aliphatic heterocycles. The molecule has 16 heavy (non-hydrogen) atoms. The van der Waals surface area contributed by atoms with Crippen LogP contribution < -0.4 is 4.90 Å². The van der Waals surface area contributed by atoms with Crippen LogP contribution in [-0.4, -0.2) is 34.6 Å². The summed E-state index contributed by atoms with van der Waals surface area (Å²) in [6.45, 7) is 0. The molecule has 0 aliphatic rings. The lowest BCUT2D eigenvalue weighted by atomic mass is 10.3. The topological polar surface area (TPSA) is 57.8 Å². The van der Waals surface area contributed by atoms with E-state index in [4.69, 9.17) is 5.11 Å². The van der Waals surface area contributed by atoms with Crippen LogP contribution in [0.1, 0.15) is 5.69 Å². The maximum absolute atomic E-state index is 10.5. The molecule has 0 bridgehead atoms. The number of carbonyl (C=O) groups is 1. The number of carboxylic acid groups (broad SMARTS) is 1. The summed E-state index contributed by atoms with van der Waals surface area (Å²) in [5, 5.41) is 10.6. The van der Waals surface area contributed by atoms with Gasteiger partial charge in [-0.3, -0.25) is 4.40 Å². The molecule has 0 unspecified atom stereocenters. The summed E-state index contributed by atoms with van der Waals surface area (Å²) in [6, 6.07) is 0. The maximum atomic E-state index is 10.5. The highest BCUT2D eigenvalue weighted by molar-refractivity contribution is 7.15. The molecule has 0 aromatic carbocycles. The van der Waals surface area contributed by atoms with Crippen molar-refractivity contribution in [1.82, 2.24) is 9.38 Å². The molecule has 2 aromatic rings. The van der Waals surface area contributed by atoms with E-state index < -0.39 is 5.97 Å². The largest absolute Gasteiger partial charge is 0.478 e. The van der Waals surface area contributed by atoms with Crippen molar-refractivity contribution in [2.75, 3.05) is 19.0 Å². The summed E-state index contributed by atoms with van der Waals surface area (Å²) < 4.78 is 1.87. The molecule has 84 valence electrons. The van der Waals surface area contributed by atoms with Crippen molar-refractivity contribution in [1.29, 1.82) is 0 Å². The molecular weight excluding hydrogens is 226 g/mol. The summed E-state index contributed by atoms with van der Waals surface area (Å²) in [5.74, 6) is -0.195. The number of nitrogens with zero attached hydrogens (tertiary/aromatic N) is 3. The van der Waals surface area contributed by atoms with E-state index in [2.05, 4.69) is 4.98 Å². The Morgan fingerprint density at radius 1 is 1.62 bits per heavy atom. The van der Waals surface area contributed by atoms with E-state index in [1.807, 2.05) is 35.0 Å². The van der Waals surface area contributed by atoms with Gasteiger partial charge in [-0.2, -0.15) is 0 Å². The lowest BCUT2D eigenvalue weighted by Gasteiger charge is -2.09. The van der Waals surface area contributed by atoms with Crippen LogP contribution in [0.3, 0.4) is 0 Å². The van der Waals surface area contributed by atoms with Crippen LogP contribution in [0, 0.1) is 0 Å². The SMILES string of the molecule is CN(C)c1nc2sccn2c1C=CC(=O)O. The Labute approximate surface area is 96.3 Å². The van der Waals surface area contributed by atoms with Gasteiger partial charge in [0, 0.05) is 31.7 Å². The van der Waals surface area contributed by atoms with Gasteiger partial charge in [-0.25, -0.2) is 9.78 Å². The Balaban J connectivity index is 2.57. The minimum absolute atomic E-state index is 0.768. The fraction of sp³-hybridized carbons (Fsp3) is 0.200. The first-order chi connectivity index (χ1) is 7.59. The Hall–Kier alpha value is -1.82. The number of anilines is 1. The standard InChI is InChI=1S/C10H11N3O2S/c1-12(2)9-7(3-4-8(14)15)13-5-6-16-10(13)11-9/h3-6H,1-2H3,(H,14,15). The first-order valence-electron chi connectivity index (χ1n) is 4.63. The third-order valence-corrected chi connectivity index (χ3v) is 2.84. The number of rotatable bonds is 3. The zero-order chi connectivity index (χ0) is 11.7. The Kier molecular flexibility index (Phi) is 2.66. The quantitative estimate of drug-likeness (QED) is 0.823. The molecule has 0 saturated carbocycles. The number of hydrogen-bond donors (Lipinski definition) is 1. The molecule has 1 N–H and O–H groups in total. The van der Waals surface area contributed by atoms with Gasteiger partial charge in [0.05, 0.1) is 5.69 Å². The van der Waals surface area contributed by atoms with Crippen molar-refractivity contribution in [3.8, 4) is 0 Å². The number of imidazole rings is 1. The molecular formula is C10H11N3O2S. The van der Waals surface area contributed by atoms with E-state index >= 15 is 0 Å². The van der Waals surface area contributed by atoms with Gasteiger partial charge in [-0.15, -0.1) is 11.3 Å². The molecule has 5 nitrogen and oxygen atoms in total. The average molecular weight is 237 g/mol. The predicted octanol–water partition coefficient (Wildman–Crippen LogP) is 1.56. The fourth-order valence-corrected chi connectivity index (χ4v) is 2.14. The molecule has 0 amide bonds. The van der Waals surface area contributed by atoms with Crippen LogP contribution in [0.2, 0.25) is 0 Å². The summed E-state index contributed by atoms with van der Waals surface area (Å²) in [5.41, 5.74) is 0.781. The smallest absolute Gasteiger partial charge is 0.328 e. The highest BCUT2D eigenvalue weighted by atomic mass is 32.1. The summed E-state index contributed by atoms with van der Waals surface area (Å²) >= 11 is 1.52. The number of thiazole rings is 1. The van der Waals surface area contributed by atoms with E-state index in [-0.39, 0.29) is 0 Å². The van der Waals surface area contributed by atoms with E-state index in [0.717, 1.165) is 22.5 Å². The maximum Gasteiger partial charge on any atom is 0.328 e. The number of aromatic nitrogens is 2. The first kappa shape index (κ1) is 10.7. The highest BCUT2D eigenvalue weighted by Crippen LogP contribution is 2.24. The van der Waals surface area contributed by atoms with Gasteiger partial charge in [0.1, 0.15) is 0 Å². The molecule has 6 heteroatoms. The van der Waals surface area contributed by atoms with E-state index in [1.54, 1.807) is 6.08 Å². The van der Waals surface area contributed by atoms with Crippen LogP contribution in [0.15, 0.2) is 17.7 Å². The zero-order valence-electron chi connectivity index (χ0n) is 8.91. The van der Waals surface area contributed by atoms with Crippen molar-refractivity contribution in [2.45, 2.75) is 0 Å². The van der Waals surface area contributed by atoms with Gasteiger partial charge in [0.15, 0.2) is 10.8 Å². The highest BCUT2D eigenvalue weighted by Gasteiger charge is 2.12. The van der Waals surface area contributed by atoms with Crippen LogP contribution in [0.25, 0.3) is 11.0 Å². The van der Waals surface area contributed by atoms with Gasteiger partial charge < -0.3 is 10.0 Å². The second-order valence-electron chi connectivity index (χ2n) is 3.44. The van der Waals surface area contributed by atoms with Crippen molar-refractivity contribution in [3.05, 3.63) is 23.3 Å².